The van der Waals surface area contributed by atoms with Gasteiger partial charge in [0.15, 0.2) is 0 Å². The summed E-state index contributed by atoms with van der Waals surface area (Å²) < 4.78 is 29.4. The van der Waals surface area contributed by atoms with E-state index in [4.69, 9.17) is 0 Å². The fraction of sp³-hybridized carbons (Fsp3) is 0.0800. The maximum atomic E-state index is 13.2. The second-order valence-electron chi connectivity index (χ2n) is 6.99. The van der Waals surface area contributed by atoms with Crippen molar-refractivity contribution in [1.29, 1.82) is 0 Å². The Balaban J connectivity index is 0.000000183. The number of aryl methyl sites for hydroxylation is 2. The normalized spacial score (nSPS) is 10.1. The van der Waals surface area contributed by atoms with E-state index >= 15 is 0 Å². The van der Waals surface area contributed by atoms with Gasteiger partial charge in [0, 0.05) is 42.6 Å². The zero-order valence-corrected chi connectivity index (χ0v) is 21.4. The molecule has 174 valence electrons. The Morgan fingerprint density at radius 1 is 0.853 bits per heavy atom. The van der Waals surface area contributed by atoms with E-state index in [0.717, 1.165) is 34.6 Å². The quantitative estimate of drug-likeness (QED) is 0.225. The Kier molecular flexibility index (Phi) is 9.22. The molecule has 5 aromatic rings. The number of hydrogen-bond donors (Lipinski definition) is 0. The van der Waals surface area contributed by atoms with Crippen LogP contribution in [0.5, 0.6) is 0 Å². The van der Waals surface area contributed by atoms with Crippen LogP contribution in [-0.4, -0.2) is 24.5 Å². The molecule has 0 amide bonds. The second-order valence-corrected chi connectivity index (χ2v) is 6.99. The van der Waals surface area contributed by atoms with Crippen LogP contribution in [0.25, 0.3) is 22.6 Å². The molecule has 9 heteroatoms. The molecule has 3 heterocycles. The third-order valence-electron chi connectivity index (χ3n) is 4.66. The van der Waals surface area contributed by atoms with Gasteiger partial charge in [-0.2, -0.15) is 16.3 Å². The van der Waals surface area contributed by atoms with E-state index < -0.39 is 11.6 Å². The molecule has 0 saturated carbocycles. The van der Waals surface area contributed by atoms with Crippen LogP contribution >= 0.6 is 9.58 Å². The molecule has 0 aliphatic heterocycles. The van der Waals surface area contributed by atoms with Gasteiger partial charge in [0.25, 0.3) is 0 Å². The van der Waals surface area contributed by atoms with Crippen LogP contribution in [0.1, 0.15) is 11.1 Å². The molecule has 0 fully saturated rings. The molecular formula is C25H19ClF2IrN5. The third kappa shape index (κ3) is 6.23. The minimum absolute atomic E-state index is 0.187. The Labute approximate surface area is 211 Å². The van der Waals surface area contributed by atoms with Gasteiger partial charge in [-0.05, 0) is 35.3 Å². The second kappa shape index (κ2) is 12.3. The summed E-state index contributed by atoms with van der Waals surface area (Å²) in [5.74, 6) is -1.29. The molecule has 0 radical (unpaired) electrons. The molecule has 5 rings (SSSR count). The fourth-order valence-electron chi connectivity index (χ4n) is 3.20. The maximum absolute atomic E-state index is 13.2. The van der Waals surface area contributed by atoms with Gasteiger partial charge in [-0.15, -0.1) is 29.3 Å². The van der Waals surface area contributed by atoms with E-state index in [0.29, 0.717) is 5.69 Å². The van der Waals surface area contributed by atoms with Crippen LogP contribution in [0.3, 0.4) is 0 Å². The van der Waals surface area contributed by atoms with Gasteiger partial charge < -0.3 is 4.98 Å². The number of halogens is 3. The molecular weight excluding hydrogens is 636 g/mol. The van der Waals surface area contributed by atoms with Crippen LogP contribution < -0.4 is 0 Å². The molecule has 5 nitrogen and oxygen atoms in total. The zero-order chi connectivity index (χ0) is 24.5. The Hall–Kier alpha value is -3.19. The first-order valence-electron chi connectivity index (χ1n) is 9.97. The Bertz CT molecular complexity index is 1260. The van der Waals surface area contributed by atoms with E-state index in [-0.39, 0.29) is 5.56 Å². The molecule has 0 saturated heterocycles. The fourth-order valence-corrected chi connectivity index (χ4v) is 3.20. The molecule has 0 N–H and O–H groups in total. The van der Waals surface area contributed by atoms with Gasteiger partial charge in [-0.25, -0.2) is 0 Å². The SMILES string of the molecule is Cc1cc(C)c(-n2cccn2)[c-]c1-n1cccn1.Fc1c[c-]c(-c2ccccn2)c(F)c1.[Cl][Ir+2]. The van der Waals surface area contributed by atoms with Crippen molar-refractivity contribution in [2.24, 2.45) is 0 Å². The number of pyridine rings is 1. The van der Waals surface area contributed by atoms with Gasteiger partial charge in [0.1, 0.15) is 0 Å². The summed E-state index contributed by atoms with van der Waals surface area (Å²) in [5, 5.41) is 8.51. The van der Waals surface area contributed by atoms with Crippen molar-refractivity contribution >= 4 is 9.58 Å². The monoisotopic (exact) mass is 655 g/mol. The number of nitrogens with zero attached hydrogens (tertiary/aromatic N) is 5. The number of benzene rings is 2. The van der Waals surface area contributed by atoms with E-state index in [1.807, 2.05) is 33.9 Å². The third-order valence-corrected chi connectivity index (χ3v) is 4.66. The van der Waals surface area contributed by atoms with E-state index in [1.54, 1.807) is 36.8 Å². The van der Waals surface area contributed by atoms with Crippen molar-refractivity contribution in [2.75, 3.05) is 0 Å². The summed E-state index contributed by atoms with van der Waals surface area (Å²) in [6.45, 7) is 4.13. The number of rotatable bonds is 3. The van der Waals surface area contributed by atoms with Gasteiger partial charge in [0.05, 0.1) is 0 Å². The molecule has 0 aliphatic rings. The van der Waals surface area contributed by atoms with Crippen molar-refractivity contribution in [1.82, 2.24) is 24.5 Å². The average Bonchev–Trinajstić information content (AvgIpc) is 3.57. The Morgan fingerprint density at radius 2 is 1.47 bits per heavy atom. The first-order valence-corrected chi connectivity index (χ1v) is 12.9. The van der Waals surface area contributed by atoms with Crippen molar-refractivity contribution in [2.45, 2.75) is 13.8 Å². The van der Waals surface area contributed by atoms with Crippen LogP contribution in [0, 0.1) is 37.6 Å². The van der Waals surface area contributed by atoms with Crippen molar-refractivity contribution in [3.63, 3.8) is 0 Å². The first-order chi connectivity index (χ1) is 16.5. The first kappa shape index (κ1) is 25.4. The number of aromatic nitrogens is 5. The minimum atomic E-state index is -0.649. The van der Waals surface area contributed by atoms with Crippen LogP contribution in [0.4, 0.5) is 8.78 Å². The predicted octanol–water partition coefficient (Wildman–Crippen LogP) is 5.99. The van der Waals surface area contributed by atoms with Crippen molar-refractivity contribution < 1.29 is 26.7 Å². The molecule has 0 atom stereocenters. The van der Waals surface area contributed by atoms with Gasteiger partial charge in [-0.1, -0.05) is 37.6 Å². The van der Waals surface area contributed by atoms with Crippen LogP contribution in [-0.2, 0) is 17.9 Å². The van der Waals surface area contributed by atoms with Gasteiger partial charge in [0.2, 0.25) is 0 Å². The van der Waals surface area contributed by atoms with Crippen LogP contribution in [0.2, 0.25) is 0 Å². The summed E-state index contributed by atoms with van der Waals surface area (Å²) in [6.07, 6.45) is 8.91. The molecule has 0 bridgehead atoms. The zero-order valence-electron chi connectivity index (χ0n) is 18.2. The molecule has 2 aromatic carbocycles. The summed E-state index contributed by atoms with van der Waals surface area (Å²) in [5.41, 5.74) is 4.84. The van der Waals surface area contributed by atoms with Crippen molar-refractivity contribution in [3.05, 3.63) is 114 Å². The molecule has 0 aliphatic carbocycles. The summed E-state index contributed by atoms with van der Waals surface area (Å²) in [6, 6.07) is 18.9. The predicted molar refractivity (Wildman–Crippen MR) is 123 cm³/mol. The molecule has 0 spiro atoms. The summed E-state index contributed by atoms with van der Waals surface area (Å²) in [4.78, 5) is 3.95. The Morgan fingerprint density at radius 3 is 1.94 bits per heavy atom. The number of hydrogen-bond acceptors (Lipinski definition) is 3. The average molecular weight is 655 g/mol. The standard InChI is InChI=1S/C14H13N4.C11H6F2N.ClH.Ir/c1-11-9-12(2)14(18-8-4-6-16-18)10-13(11)17-7-3-5-15-17;12-8-4-5-9(10(13)7-8)11-3-1-2-6-14-11;;/h3-9H,1-2H3;1-4,6-7H;1H;/q2*-1;;+3/p-1. The van der Waals surface area contributed by atoms with Gasteiger partial charge >= 0.3 is 27.5 Å². The topological polar surface area (TPSA) is 48.5 Å². The molecule has 34 heavy (non-hydrogen) atoms. The molecule has 3 aromatic heterocycles. The van der Waals surface area contributed by atoms with E-state index in [9.17, 15) is 8.78 Å². The van der Waals surface area contributed by atoms with E-state index in [1.165, 1.54) is 17.9 Å². The van der Waals surface area contributed by atoms with E-state index in [2.05, 4.69) is 56.8 Å². The van der Waals surface area contributed by atoms with Crippen molar-refractivity contribution in [3.8, 4) is 22.6 Å². The molecule has 0 unspecified atom stereocenters. The summed E-state index contributed by atoms with van der Waals surface area (Å²) >= 11 is 1.47. The van der Waals surface area contributed by atoms with Crippen LogP contribution in [0.15, 0.2) is 79.5 Å². The van der Waals surface area contributed by atoms with Gasteiger partial charge in [-0.3, -0.25) is 18.1 Å². The summed E-state index contributed by atoms with van der Waals surface area (Å²) in [7, 11) is 4.64.